The first-order valence-electron chi connectivity index (χ1n) is 9.99. The Balaban J connectivity index is 1.97. The maximum Gasteiger partial charge on any atom is 0.387 e. The van der Waals surface area contributed by atoms with E-state index in [1.807, 2.05) is 37.3 Å². The molecule has 0 aliphatic carbocycles. The molecule has 164 valence electrons. The third kappa shape index (κ3) is 7.87. The fraction of sp³-hybridized carbons (Fsp3) is 0.409. The lowest BCUT2D eigenvalue weighted by molar-refractivity contribution is -0.0514. The number of aliphatic imine (C=N–C) groups is 1. The summed E-state index contributed by atoms with van der Waals surface area (Å²) in [6.45, 7) is 2.69. The van der Waals surface area contributed by atoms with Crippen LogP contribution >= 0.6 is 0 Å². The molecule has 2 aromatic rings. The van der Waals surface area contributed by atoms with Gasteiger partial charge in [0.15, 0.2) is 17.5 Å². The maximum absolute atomic E-state index is 12.5. The molecule has 0 aromatic heterocycles. The van der Waals surface area contributed by atoms with Gasteiger partial charge in [0, 0.05) is 13.1 Å². The molecular formula is C22H29F2N3O3. The molecule has 1 atom stereocenters. The molecule has 0 amide bonds. The van der Waals surface area contributed by atoms with Crippen LogP contribution in [0.15, 0.2) is 53.5 Å². The van der Waals surface area contributed by atoms with Crippen LogP contribution in [0.5, 0.6) is 11.5 Å². The van der Waals surface area contributed by atoms with Gasteiger partial charge >= 0.3 is 6.61 Å². The summed E-state index contributed by atoms with van der Waals surface area (Å²) >= 11 is 0. The van der Waals surface area contributed by atoms with Crippen LogP contribution in [-0.2, 0) is 6.54 Å². The molecule has 30 heavy (non-hydrogen) atoms. The Morgan fingerprint density at radius 2 is 1.83 bits per heavy atom. The topological polar surface area (TPSA) is 75.1 Å². The lowest BCUT2D eigenvalue weighted by Gasteiger charge is -2.15. The zero-order chi connectivity index (χ0) is 21.8. The van der Waals surface area contributed by atoms with Crippen LogP contribution in [0.25, 0.3) is 0 Å². The summed E-state index contributed by atoms with van der Waals surface area (Å²) < 4.78 is 34.9. The minimum absolute atomic E-state index is 0.000453. The molecule has 1 unspecified atom stereocenters. The standard InChI is InChI=1S/C22H29F2N3O3/c1-3-25-22(26-13-12-18(28)17-8-6-5-7-9-17)27-15-16-10-11-19(30-21(23)24)20(14-16)29-4-2/h5-11,14,18,21,28H,3-4,12-13,15H2,1-2H3,(H2,25,26,27). The van der Waals surface area contributed by atoms with Gasteiger partial charge in [-0.3, -0.25) is 0 Å². The fourth-order valence-corrected chi connectivity index (χ4v) is 2.79. The summed E-state index contributed by atoms with van der Waals surface area (Å²) in [5.41, 5.74) is 1.66. The minimum atomic E-state index is -2.91. The van der Waals surface area contributed by atoms with E-state index in [9.17, 15) is 13.9 Å². The van der Waals surface area contributed by atoms with Crippen LogP contribution in [0.4, 0.5) is 8.78 Å². The average molecular weight is 421 g/mol. The monoisotopic (exact) mass is 421 g/mol. The van der Waals surface area contributed by atoms with E-state index >= 15 is 0 Å². The number of aliphatic hydroxyl groups is 1. The van der Waals surface area contributed by atoms with Gasteiger partial charge in [-0.1, -0.05) is 36.4 Å². The second-order valence-electron chi connectivity index (χ2n) is 6.43. The Hall–Kier alpha value is -2.87. The Bertz CT molecular complexity index is 788. The molecule has 2 rings (SSSR count). The Morgan fingerprint density at radius 3 is 2.50 bits per heavy atom. The number of nitrogens with zero attached hydrogens (tertiary/aromatic N) is 1. The number of nitrogens with one attached hydrogen (secondary N) is 2. The highest BCUT2D eigenvalue weighted by Crippen LogP contribution is 2.30. The van der Waals surface area contributed by atoms with Crippen molar-refractivity contribution in [1.29, 1.82) is 0 Å². The number of ether oxygens (including phenoxy) is 2. The molecule has 0 saturated carbocycles. The van der Waals surface area contributed by atoms with E-state index in [1.54, 1.807) is 19.1 Å². The van der Waals surface area contributed by atoms with Gasteiger partial charge < -0.3 is 25.2 Å². The first-order chi connectivity index (χ1) is 14.5. The average Bonchev–Trinajstić information content (AvgIpc) is 2.74. The SMILES string of the molecule is CCNC(=NCc1ccc(OC(F)F)c(OCC)c1)NCCC(O)c1ccccc1. The molecular weight excluding hydrogens is 392 g/mol. The van der Waals surface area contributed by atoms with Crippen molar-refractivity contribution in [2.75, 3.05) is 19.7 Å². The summed E-state index contributed by atoms with van der Waals surface area (Å²) in [4.78, 5) is 4.51. The molecule has 0 saturated heterocycles. The Morgan fingerprint density at radius 1 is 1.07 bits per heavy atom. The van der Waals surface area contributed by atoms with Gasteiger partial charge in [-0.25, -0.2) is 4.99 Å². The van der Waals surface area contributed by atoms with Crippen LogP contribution in [-0.4, -0.2) is 37.4 Å². The highest BCUT2D eigenvalue weighted by molar-refractivity contribution is 5.79. The number of rotatable bonds is 11. The summed E-state index contributed by atoms with van der Waals surface area (Å²) in [6.07, 6.45) is -0.0273. The second kappa shape index (κ2) is 12.6. The highest BCUT2D eigenvalue weighted by atomic mass is 19.3. The molecule has 0 spiro atoms. The molecule has 2 aromatic carbocycles. The van der Waals surface area contributed by atoms with Crippen molar-refractivity contribution >= 4 is 5.96 Å². The molecule has 0 bridgehead atoms. The lowest BCUT2D eigenvalue weighted by atomic mass is 10.1. The van der Waals surface area contributed by atoms with E-state index in [1.165, 1.54) is 6.07 Å². The molecule has 0 aliphatic heterocycles. The van der Waals surface area contributed by atoms with Gasteiger partial charge in [0.2, 0.25) is 0 Å². The smallest absolute Gasteiger partial charge is 0.387 e. The van der Waals surface area contributed by atoms with E-state index in [0.717, 1.165) is 11.1 Å². The normalized spacial score (nSPS) is 12.5. The predicted molar refractivity (Wildman–Crippen MR) is 113 cm³/mol. The van der Waals surface area contributed by atoms with Gasteiger partial charge in [0.25, 0.3) is 0 Å². The quantitative estimate of drug-likeness (QED) is 0.379. The van der Waals surface area contributed by atoms with Crippen molar-refractivity contribution in [3.05, 3.63) is 59.7 Å². The van der Waals surface area contributed by atoms with Crippen molar-refractivity contribution in [2.45, 2.75) is 39.5 Å². The third-order valence-corrected chi connectivity index (χ3v) is 4.18. The van der Waals surface area contributed by atoms with Crippen molar-refractivity contribution in [3.8, 4) is 11.5 Å². The van der Waals surface area contributed by atoms with Crippen molar-refractivity contribution in [1.82, 2.24) is 10.6 Å². The zero-order valence-corrected chi connectivity index (χ0v) is 17.3. The van der Waals surface area contributed by atoms with Crippen LogP contribution in [0, 0.1) is 0 Å². The maximum atomic E-state index is 12.5. The number of hydrogen-bond donors (Lipinski definition) is 3. The molecule has 0 heterocycles. The van der Waals surface area contributed by atoms with Crippen LogP contribution in [0.1, 0.15) is 37.5 Å². The molecule has 0 radical (unpaired) electrons. The van der Waals surface area contributed by atoms with E-state index in [4.69, 9.17) is 4.74 Å². The third-order valence-electron chi connectivity index (χ3n) is 4.18. The Kier molecular flexibility index (Phi) is 9.86. The molecule has 3 N–H and O–H groups in total. The summed E-state index contributed by atoms with van der Waals surface area (Å²) in [6, 6.07) is 14.3. The zero-order valence-electron chi connectivity index (χ0n) is 17.3. The molecule has 8 heteroatoms. The van der Waals surface area contributed by atoms with Crippen molar-refractivity contribution in [2.24, 2.45) is 4.99 Å². The first-order valence-corrected chi connectivity index (χ1v) is 9.99. The van der Waals surface area contributed by atoms with E-state index in [0.29, 0.717) is 38.6 Å². The number of aliphatic hydroxyl groups excluding tert-OH is 1. The predicted octanol–water partition coefficient (Wildman–Crippen LogP) is 3.87. The number of benzene rings is 2. The Labute approximate surface area is 175 Å². The molecule has 0 fully saturated rings. The molecule has 0 aliphatic rings. The second-order valence-corrected chi connectivity index (χ2v) is 6.43. The summed E-state index contributed by atoms with van der Waals surface area (Å²) in [5, 5.41) is 16.6. The van der Waals surface area contributed by atoms with Gasteiger partial charge in [-0.2, -0.15) is 8.78 Å². The van der Waals surface area contributed by atoms with E-state index in [-0.39, 0.29) is 11.5 Å². The minimum Gasteiger partial charge on any atom is -0.490 e. The van der Waals surface area contributed by atoms with Crippen molar-refractivity contribution < 1.29 is 23.4 Å². The van der Waals surface area contributed by atoms with E-state index < -0.39 is 12.7 Å². The van der Waals surface area contributed by atoms with Gasteiger partial charge in [-0.05, 0) is 43.5 Å². The van der Waals surface area contributed by atoms with E-state index in [2.05, 4.69) is 20.4 Å². The highest BCUT2D eigenvalue weighted by Gasteiger charge is 2.12. The largest absolute Gasteiger partial charge is 0.490 e. The lowest BCUT2D eigenvalue weighted by Crippen LogP contribution is -2.38. The number of guanidine groups is 1. The number of alkyl halides is 2. The van der Waals surface area contributed by atoms with Crippen molar-refractivity contribution in [3.63, 3.8) is 0 Å². The van der Waals surface area contributed by atoms with Crippen LogP contribution < -0.4 is 20.1 Å². The number of hydrogen-bond acceptors (Lipinski definition) is 4. The van der Waals surface area contributed by atoms with Gasteiger partial charge in [-0.15, -0.1) is 0 Å². The van der Waals surface area contributed by atoms with Crippen LogP contribution in [0.3, 0.4) is 0 Å². The summed E-state index contributed by atoms with van der Waals surface area (Å²) in [7, 11) is 0. The molecule has 6 nitrogen and oxygen atoms in total. The fourth-order valence-electron chi connectivity index (χ4n) is 2.79. The first kappa shape index (κ1) is 23.4. The summed E-state index contributed by atoms with van der Waals surface area (Å²) in [5.74, 6) is 0.859. The van der Waals surface area contributed by atoms with Gasteiger partial charge in [0.05, 0.1) is 19.3 Å². The number of halogens is 2. The van der Waals surface area contributed by atoms with Gasteiger partial charge in [0.1, 0.15) is 0 Å². The van der Waals surface area contributed by atoms with Crippen LogP contribution in [0.2, 0.25) is 0 Å².